The molecule has 0 radical (unpaired) electrons. The van der Waals surface area contributed by atoms with E-state index in [1.165, 1.54) is 0 Å². The number of rotatable bonds is 2. The number of nitrogens with two attached hydrogens (primary N) is 1. The molecule has 2 aromatic carbocycles. The number of aromatic nitrogens is 2. The second kappa shape index (κ2) is 4.44. The van der Waals surface area contributed by atoms with Crippen LogP contribution in [0.3, 0.4) is 0 Å². The van der Waals surface area contributed by atoms with Crippen molar-refractivity contribution < 1.29 is 0 Å². The normalized spacial score (nSPS) is 12.8. The van der Waals surface area contributed by atoms with E-state index in [1.807, 2.05) is 48.5 Å². The second-order valence-corrected chi connectivity index (χ2v) is 4.61. The quantitative estimate of drug-likeness (QED) is 0.740. The highest BCUT2D eigenvalue weighted by atomic mass is 35.5. The van der Waals surface area contributed by atoms with Gasteiger partial charge >= 0.3 is 0 Å². The fraction of sp³-hybridized carbons (Fsp3) is 0.0714. The Morgan fingerprint density at radius 3 is 2.67 bits per heavy atom. The zero-order valence-corrected chi connectivity index (χ0v) is 10.4. The minimum Gasteiger partial charge on any atom is -0.340 e. The van der Waals surface area contributed by atoms with Crippen molar-refractivity contribution in [2.75, 3.05) is 0 Å². The van der Waals surface area contributed by atoms with E-state index in [2.05, 4.69) is 9.97 Å². The van der Waals surface area contributed by atoms with E-state index in [0.717, 1.165) is 22.4 Å². The first-order valence-electron chi connectivity index (χ1n) is 5.70. The molecule has 4 heteroatoms. The van der Waals surface area contributed by atoms with Crippen LogP contribution in [0.2, 0.25) is 5.02 Å². The number of hydrogen-bond acceptors (Lipinski definition) is 2. The number of nitrogens with one attached hydrogen (secondary N) is 1. The Morgan fingerprint density at radius 1 is 1.11 bits per heavy atom. The first-order chi connectivity index (χ1) is 8.74. The van der Waals surface area contributed by atoms with Crippen LogP contribution in [0.4, 0.5) is 0 Å². The molecule has 0 unspecified atom stereocenters. The van der Waals surface area contributed by atoms with Crippen molar-refractivity contribution in [2.24, 2.45) is 5.73 Å². The van der Waals surface area contributed by atoms with E-state index in [4.69, 9.17) is 17.3 Å². The van der Waals surface area contributed by atoms with Crippen molar-refractivity contribution in [2.45, 2.75) is 6.04 Å². The SMILES string of the molecule is N[C@@H](c1ccccc1)c1nc2ccc(Cl)cc2[nH]1. The Kier molecular flexibility index (Phi) is 2.78. The minimum atomic E-state index is -0.252. The van der Waals surface area contributed by atoms with Gasteiger partial charge in [0.05, 0.1) is 17.1 Å². The van der Waals surface area contributed by atoms with Gasteiger partial charge in [0.1, 0.15) is 5.82 Å². The molecule has 0 aliphatic rings. The maximum absolute atomic E-state index is 6.19. The number of hydrogen-bond donors (Lipinski definition) is 2. The van der Waals surface area contributed by atoms with E-state index in [1.54, 1.807) is 0 Å². The number of nitrogens with zero attached hydrogens (tertiary/aromatic N) is 1. The van der Waals surface area contributed by atoms with Crippen LogP contribution in [0.1, 0.15) is 17.4 Å². The molecule has 3 nitrogen and oxygen atoms in total. The third-order valence-electron chi connectivity index (χ3n) is 2.92. The Morgan fingerprint density at radius 2 is 1.89 bits per heavy atom. The van der Waals surface area contributed by atoms with Gasteiger partial charge in [0.25, 0.3) is 0 Å². The molecule has 18 heavy (non-hydrogen) atoms. The lowest BCUT2D eigenvalue weighted by Gasteiger charge is -2.08. The van der Waals surface area contributed by atoms with Gasteiger partial charge in [-0.2, -0.15) is 0 Å². The summed E-state index contributed by atoms with van der Waals surface area (Å²) in [7, 11) is 0. The van der Waals surface area contributed by atoms with Crippen molar-refractivity contribution in [1.29, 1.82) is 0 Å². The van der Waals surface area contributed by atoms with Crippen molar-refractivity contribution >= 4 is 22.6 Å². The Balaban J connectivity index is 2.04. The van der Waals surface area contributed by atoms with Crippen molar-refractivity contribution in [3.63, 3.8) is 0 Å². The molecule has 0 bridgehead atoms. The fourth-order valence-electron chi connectivity index (χ4n) is 1.97. The van der Waals surface area contributed by atoms with E-state index in [-0.39, 0.29) is 6.04 Å². The van der Waals surface area contributed by atoms with Crippen molar-refractivity contribution in [3.05, 3.63) is 64.9 Å². The largest absolute Gasteiger partial charge is 0.340 e. The summed E-state index contributed by atoms with van der Waals surface area (Å²) in [5.41, 5.74) is 9.00. The molecule has 0 amide bonds. The van der Waals surface area contributed by atoms with E-state index in [9.17, 15) is 0 Å². The first-order valence-corrected chi connectivity index (χ1v) is 6.07. The van der Waals surface area contributed by atoms with E-state index < -0.39 is 0 Å². The molecule has 0 saturated heterocycles. The molecule has 90 valence electrons. The van der Waals surface area contributed by atoms with Crippen molar-refractivity contribution in [3.8, 4) is 0 Å². The summed E-state index contributed by atoms with van der Waals surface area (Å²) >= 11 is 5.95. The number of H-pyrrole nitrogens is 1. The fourth-order valence-corrected chi connectivity index (χ4v) is 2.14. The standard InChI is InChI=1S/C14H12ClN3/c15-10-6-7-11-12(8-10)18-14(17-11)13(16)9-4-2-1-3-5-9/h1-8,13H,16H2,(H,17,18)/t13-/m0/s1. The highest BCUT2D eigenvalue weighted by molar-refractivity contribution is 6.31. The summed E-state index contributed by atoms with van der Waals surface area (Å²) in [6, 6.07) is 15.2. The van der Waals surface area contributed by atoms with Gasteiger partial charge in [-0.25, -0.2) is 4.98 Å². The molecule has 3 aromatic rings. The Labute approximate surface area is 110 Å². The van der Waals surface area contributed by atoms with E-state index >= 15 is 0 Å². The zero-order valence-electron chi connectivity index (χ0n) is 9.60. The number of imidazole rings is 1. The maximum Gasteiger partial charge on any atom is 0.128 e. The third-order valence-corrected chi connectivity index (χ3v) is 3.15. The van der Waals surface area contributed by atoms with Crippen LogP contribution < -0.4 is 5.73 Å². The lowest BCUT2D eigenvalue weighted by atomic mass is 10.1. The van der Waals surface area contributed by atoms with Crippen LogP contribution in [-0.2, 0) is 0 Å². The number of halogens is 1. The average molecular weight is 258 g/mol. The van der Waals surface area contributed by atoms with Gasteiger partial charge in [-0.05, 0) is 23.8 Å². The highest BCUT2D eigenvalue weighted by Crippen LogP contribution is 2.22. The lowest BCUT2D eigenvalue weighted by Crippen LogP contribution is -2.13. The Bertz CT molecular complexity index is 676. The number of benzene rings is 2. The number of fused-ring (bicyclic) bond motifs is 1. The third kappa shape index (κ3) is 1.98. The van der Waals surface area contributed by atoms with Crippen molar-refractivity contribution in [1.82, 2.24) is 9.97 Å². The van der Waals surface area contributed by atoms with Crippen LogP contribution in [0, 0.1) is 0 Å². The lowest BCUT2D eigenvalue weighted by molar-refractivity contribution is 0.806. The van der Waals surface area contributed by atoms with Crippen LogP contribution >= 0.6 is 11.6 Å². The molecular weight excluding hydrogens is 246 g/mol. The predicted molar refractivity (Wildman–Crippen MR) is 73.6 cm³/mol. The molecule has 3 rings (SSSR count). The summed E-state index contributed by atoms with van der Waals surface area (Å²) in [5.74, 6) is 0.749. The predicted octanol–water partition coefficient (Wildman–Crippen LogP) is 3.26. The van der Waals surface area contributed by atoms with Gasteiger partial charge in [-0.1, -0.05) is 41.9 Å². The molecule has 1 aromatic heterocycles. The molecule has 0 spiro atoms. The molecule has 0 aliphatic carbocycles. The average Bonchev–Trinajstić information content (AvgIpc) is 2.81. The monoisotopic (exact) mass is 257 g/mol. The molecule has 3 N–H and O–H groups in total. The molecule has 0 aliphatic heterocycles. The Hall–Kier alpha value is -1.84. The van der Waals surface area contributed by atoms with E-state index in [0.29, 0.717) is 5.02 Å². The van der Waals surface area contributed by atoms with Crippen LogP contribution in [-0.4, -0.2) is 9.97 Å². The summed E-state index contributed by atoms with van der Waals surface area (Å²) in [6.45, 7) is 0. The van der Waals surface area contributed by atoms with Gasteiger partial charge in [-0.15, -0.1) is 0 Å². The smallest absolute Gasteiger partial charge is 0.128 e. The van der Waals surface area contributed by atoms with Crippen LogP contribution in [0.5, 0.6) is 0 Å². The molecular formula is C14H12ClN3. The summed E-state index contributed by atoms with van der Waals surface area (Å²) in [4.78, 5) is 7.71. The number of aromatic amines is 1. The maximum atomic E-state index is 6.19. The second-order valence-electron chi connectivity index (χ2n) is 4.17. The summed E-state index contributed by atoms with van der Waals surface area (Å²) < 4.78 is 0. The molecule has 1 heterocycles. The van der Waals surface area contributed by atoms with Gasteiger partial charge in [0.15, 0.2) is 0 Å². The first kappa shape index (κ1) is 11.3. The van der Waals surface area contributed by atoms with Gasteiger partial charge in [0, 0.05) is 5.02 Å². The highest BCUT2D eigenvalue weighted by Gasteiger charge is 2.13. The molecule has 0 saturated carbocycles. The topological polar surface area (TPSA) is 54.7 Å². The minimum absolute atomic E-state index is 0.252. The van der Waals surface area contributed by atoms with Gasteiger partial charge < -0.3 is 10.7 Å². The zero-order chi connectivity index (χ0) is 12.5. The molecule has 1 atom stereocenters. The summed E-state index contributed by atoms with van der Waals surface area (Å²) in [6.07, 6.45) is 0. The van der Waals surface area contributed by atoms with Crippen LogP contribution in [0.25, 0.3) is 11.0 Å². The van der Waals surface area contributed by atoms with Gasteiger partial charge in [-0.3, -0.25) is 0 Å². The molecule has 0 fully saturated rings. The van der Waals surface area contributed by atoms with Gasteiger partial charge in [0.2, 0.25) is 0 Å². The summed E-state index contributed by atoms with van der Waals surface area (Å²) in [5, 5.41) is 0.686. The van der Waals surface area contributed by atoms with Crippen LogP contribution in [0.15, 0.2) is 48.5 Å².